The number of nitrogens with one attached hydrogen (secondary N) is 1. The summed E-state index contributed by atoms with van der Waals surface area (Å²) >= 11 is 0. The second-order valence-electron chi connectivity index (χ2n) is 8.45. The molecule has 1 aromatic heterocycles. The zero-order chi connectivity index (χ0) is 22.1. The largest absolute Gasteiger partial charge is 0.378 e. The molecule has 3 heterocycles. The van der Waals surface area contributed by atoms with Crippen molar-refractivity contribution < 1.29 is 14.3 Å². The number of carbonyl (C=O) groups excluding carboxylic acids is 2. The highest BCUT2D eigenvalue weighted by Gasteiger charge is 2.39. The SMILES string of the molecule is CC(=O)N1c2ccc(C(=O)N3CCOCC3)cc2C(Nc2cccc(C)n2)[C@@H](C)[C@@H]1C. The smallest absolute Gasteiger partial charge is 0.254 e. The van der Waals surface area contributed by atoms with Crippen molar-refractivity contribution in [1.29, 1.82) is 0 Å². The van der Waals surface area contributed by atoms with E-state index >= 15 is 0 Å². The number of rotatable bonds is 3. The summed E-state index contributed by atoms with van der Waals surface area (Å²) in [6, 6.07) is 11.5. The lowest BCUT2D eigenvalue weighted by Gasteiger charge is -2.44. The molecule has 2 aliphatic rings. The molecule has 31 heavy (non-hydrogen) atoms. The lowest BCUT2D eigenvalue weighted by atomic mass is 9.82. The molecule has 0 radical (unpaired) electrons. The quantitative estimate of drug-likeness (QED) is 0.821. The molecule has 0 bridgehead atoms. The predicted octanol–water partition coefficient (Wildman–Crippen LogP) is 3.41. The third-order valence-electron chi connectivity index (χ3n) is 6.39. The number of hydrogen-bond donors (Lipinski definition) is 1. The van der Waals surface area contributed by atoms with Gasteiger partial charge < -0.3 is 19.9 Å². The van der Waals surface area contributed by atoms with Crippen molar-refractivity contribution in [2.45, 2.75) is 39.8 Å². The minimum Gasteiger partial charge on any atom is -0.378 e. The number of morpholine rings is 1. The van der Waals surface area contributed by atoms with Crippen molar-refractivity contribution in [2.24, 2.45) is 5.92 Å². The molecule has 0 spiro atoms. The van der Waals surface area contributed by atoms with Crippen LogP contribution in [-0.4, -0.2) is 54.0 Å². The minimum absolute atomic E-state index is 0.0000126. The zero-order valence-corrected chi connectivity index (χ0v) is 18.6. The molecule has 7 nitrogen and oxygen atoms in total. The van der Waals surface area contributed by atoms with Crippen molar-refractivity contribution in [3.63, 3.8) is 0 Å². The van der Waals surface area contributed by atoms with Crippen molar-refractivity contribution in [2.75, 3.05) is 36.5 Å². The molecule has 3 atom stereocenters. The van der Waals surface area contributed by atoms with Gasteiger partial charge in [0, 0.05) is 48.9 Å². The molecule has 164 valence electrons. The van der Waals surface area contributed by atoms with Crippen molar-refractivity contribution >= 4 is 23.3 Å². The van der Waals surface area contributed by atoms with Gasteiger partial charge in [-0.15, -0.1) is 0 Å². The lowest BCUT2D eigenvalue weighted by Crippen LogP contribution is -2.48. The maximum Gasteiger partial charge on any atom is 0.254 e. The van der Waals surface area contributed by atoms with Crippen LogP contribution in [0.5, 0.6) is 0 Å². The first-order chi connectivity index (χ1) is 14.9. The van der Waals surface area contributed by atoms with Crippen LogP contribution in [0, 0.1) is 12.8 Å². The van der Waals surface area contributed by atoms with Crippen LogP contribution < -0.4 is 10.2 Å². The molecule has 0 saturated carbocycles. The number of hydrogen-bond acceptors (Lipinski definition) is 5. The third kappa shape index (κ3) is 4.14. The van der Waals surface area contributed by atoms with E-state index in [1.54, 1.807) is 6.92 Å². The standard InChI is InChI=1S/C24H30N4O3/c1-15-6-5-7-22(25-15)26-23-16(2)17(3)28(18(4)29)21-9-8-19(14-20(21)23)24(30)27-10-12-31-13-11-27/h5-9,14,16-17,23H,10-13H2,1-4H3,(H,25,26)/t16-,17-,23?/m0/s1. The molecule has 0 aliphatic carbocycles. The van der Waals surface area contributed by atoms with Gasteiger partial charge in [0.05, 0.1) is 19.3 Å². The molecule has 1 N–H and O–H groups in total. The molecule has 4 rings (SSSR count). The van der Waals surface area contributed by atoms with Gasteiger partial charge in [-0.05, 0) is 49.7 Å². The van der Waals surface area contributed by atoms with Crippen LogP contribution in [0.4, 0.5) is 11.5 Å². The summed E-state index contributed by atoms with van der Waals surface area (Å²) in [6.45, 7) is 10.1. The number of pyridine rings is 1. The van der Waals surface area contributed by atoms with E-state index in [9.17, 15) is 9.59 Å². The van der Waals surface area contributed by atoms with E-state index in [1.165, 1.54) is 0 Å². The number of amides is 2. The van der Waals surface area contributed by atoms with Crippen LogP contribution in [0.25, 0.3) is 0 Å². The fourth-order valence-corrected chi connectivity index (χ4v) is 4.57. The summed E-state index contributed by atoms with van der Waals surface area (Å²) in [5.74, 6) is 0.905. The van der Waals surface area contributed by atoms with Gasteiger partial charge in [0.2, 0.25) is 5.91 Å². The Labute approximate surface area is 183 Å². The second kappa shape index (κ2) is 8.67. The first-order valence-corrected chi connectivity index (χ1v) is 10.9. The Balaban J connectivity index is 1.75. The van der Waals surface area contributed by atoms with E-state index in [0.717, 1.165) is 22.8 Å². The lowest BCUT2D eigenvalue weighted by molar-refractivity contribution is -0.117. The van der Waals surface area contributed by atoms with E-state index < -0.39 is 0 Å². The number of aromatic nitrogens is 1. The fourth-order valence-electron chi connectivity index (χ4n) is 4.57. The highest BCUT2D eigenvalue weighted by molar-refractivity contribution is 5.98. The van der Waals surface area contributed by atoms with Gasteiger partial charge in [-0.1, -0.05) is 13.0 Å². The number of aryl methyl sites for hydroxylation is 1. The number of nitrogens with zero attached hydrogens (tertiary/aromatic N) is 3. The molecule has 2 aliphatic heterocycles. The van der Waals surface area contributed by atoms with Gasteiger partial charge in [-0.3, -0.25) is 9.59 Å². The van der Waals surface area contributed by atoms with Crippen LogP contribution in [0.15, 0.2) is 36.4 Å². The van der Waals surface area contributed by atoms with Gasteiger partial charge in [0.15, 0.2) is 0 Å². The highest BCUT2D eigenvalue weighted by atomic mass is 16.5. The Hall–Kier alpha value is -2.93. The Bertz CT molecular complexity index is 987. The summed E-state index contributed by atoms with van der Waals surface area (Å²) < 4.78 is 5.38. The Kier molecular flexibility index (Phi) is 5.96. The maximum atomic E-state index is 13.1. The molecule has 1 saturated heterocycles. The molecular weight excluding hydrogens is 392 g/mol. The predicted molar refractivity (Wildman–Crippen MR) is 120 cm³/mol. The fraction of sp³-hybridized carbons (Fsp3) is 0.458. The summed E-state index contributed by atoms with van der Waals surface area (Å²) in [5, 5.41) is 3.57. The molecule has 1 aromatic carbocycles. The molecule has 1 unspecified atom stereocenters. The van der Waals surface area contributed by atoms with Gasteiger partial charge in [-0.25, -0.2) is 4.98 Å². The molecule has 2 amide bonds. The van der Waals surface area contributed by atoms with Crippen molar-refractivity contribution in [1.82, 2.24) is 9.88 Å². The first kappa shape index (κ1) is 21.3. The molecule has 7 heteroatoms. The number of carbonyl (C=O) groups is 2. The van der Waals surface area contributed by atoms with Crippen LogP contribution in [0.3, 0.4) is 0 Å². The number of benzene rings is 1. The summed E-state index contributed by atoms with van der Waals surface area (Å²) in [7, 11) is 0. The van der Waals surface area contributed by atoms with Crippen LogP contribution >= 0.6 is 0 Å². The summed E-state index contributed by atoms with van der Waals surface area (Å²) in [5.41, 5.74) is 3.36. The molecule has 2 aromatic rings. The third-order valence-corrected chi connectivity index (χ3v) is 6.39. The Morgan fingerprint density at radius 1 is 1.13 bits per heavy atom. The van der Waals surface area contributed by atoms with Crippen molar-refractivity contribution in [3.05, 3.63) is 53.2 Å². The van der Waals surface area contributed by atoms with E-state index in [4.69, 9.17) is 4.74 Å². The molecule has 1 fully saturated rings. The summed E-state index contributed by atoms with van der Waals surface area (Å²) in [4.78, 5) is 33.9. The highest BCUT2D eigenvalue weighted by Crippen LogP contribution is 2.42. The van der Waals surface area contributed by atoms with Gasteiger partial charge in [-0.2, -0.15) is 0 Å². The topological polar surface area (TPSA) is 74.8 Å². The summed E-state index contributed by atoms with van der Waals surface area (Å²) in [6.07, 6.45) is 0. The van der Waals surface area contributed by atoms with Crippen LogP contribution in [0.2, 0.25) is 0 Å². The molecular formula is C24H30N4O3. The normalized spacial score (nSPS) is 23.3. The van der Waals surface area contributed by atoms with E-state index in [-0.39, 0.29) is 29.8 Å². The van der Waals surface area contributed by atoms with E-state index in [1.807, 2.05) is 53.1 Å². The monoisotopic (exact) mass is 422 g/mol. The van der Waals surface area contributed by atoms with Gasteiger partial charge in [0.1, 0.15) is 5.82 Å². The Morgan fingerprint density at radius 2 is 1.87 bits per heavy atom. The average Bonchev–Trinajstić information content (AvgIpc) is 2.76. The maximum absolute atomic E-state index is 13.1. The minimum atomic E-state index is -0.0765. The van der Waals surface area contributed by atoms with E-state index in [2.05, 4.69) is 24.1 Å². The van der Waals surface area contributed by atoms with Gasteiger partial charge >= 0.3 is 0 Å². The number of fused-ring (bicyclic) bond motifs is 1. The number of ether oxygens (including phenoxy) is 1. The van der Waals surface area contributed by atoms with Crippen molar-refractivity contribution in [3.8, 4) is 0 Å². The average molecular weight is 423 g/mol. The first-order valence-electron chi connectivity index (χ1n) is 10.9. The number of anilines is 2. The van der Waals surface area contributed by atoms with E-state index in [0.29, 0.717) is 31.9 Å². The zero-order valence-electron chi connectivity index (χ0n) is 18.6. The Morgan fingerprint density at radius 3 is 2.55 bits per heavy atom. The van der Waals surface area contributed by atoms with Crippen LogP contribution in [0.1, 0.15) is 48.4 Å². The van der Waals surface area contributed by atoms with Gasteiger partial charge in [0.25, 0.3) is 5.91 Å². The second-order valence-corrected chi connectivity index (χ2v) is 8.45. The van der Waals surface area contributed by atoms with Crippen LogP contribution in [-0.2, 0) is 9.53 Å².